The van der Waals surface area contributed by atoms with Crippen LogP contribution in [0.15, 0.2) is 28.8 Å². The quantitative estimate of drug-likeness (QED) is 0.880. The number of nitrogens with one attached hydrogen (secondary N) is 1. The maximum atomic E-state index is 12.1. The molecule has 0 saturated carbocycles. The summed E-state index contributed by atoms with van der Waals surface area (Å²) in [4.78, 5) is 12.1. The number of phenolic OH excluding ortho intramolecular Hbond substituents is 1. The van der Waals surface area contributed by atoms with Gasteiger partial charge >= 0.3 is 0 Å². The number of carbonyl (C=O) groups is 1. The number of fused-ring (bicyclic) bond motifs is 1. The Morgan fingerprint density at radius 3 is 3.10 bits per heavy atom. The average Bonchev–Trinajstić information content (AvgIpc) is 2.87. The van der Waals surface area contributed by atoms with Crippen LogP contribution in [0.4, 0.5) is 0 Å². The van der Waals surface area contributed by atoms with Gasteiger partial charge in [-0.3, -0.25) is 4.79 Å². The monoisotopic (exact) mass is 272 g/mol. The van der Waals surface area contributed by atoms with Gasteiger partial charge in [-0.2, -0.15) is 0 Å². The molecule has 0 aliphatic heterocycles. The number of benzene rings is 1. The molecule has 0 bridgehead atoms. The molecule has 1 amide bonds. The Balaban J connectivity index is 1.83. The topological polar surface area (TPSA) is 75.4 Å². The number of nitrogens with zero attached hydrogens (tertiary/aromatic N) is 1. The average molecular weight is 272 g/mol. The van der Waals surface area contributed by atoms with E-state index in [-0.39, 0.29) is 17.7 Å². The Hall–Kier alpha value is -2.30. The van der Waals surface area contributed by atoms with Crippen molar-refractivity contribution in [1.29, 1.82) is 0 Å². The zero-order valence-corrected chi connectivity index (χ0v) is 11.2. The molecule has 1 aromatic carbocycles. The van der Waals surface area contributed by atoms with Crippen molar-refractivity contribution >= 4 is 5.91 Å². The molecule has 1 aliphatic rings. The normalized spacial score (nSPS) is 17.6. The van der Waals surface area contributed by atoms with E-state index in [2.05, 4.69) is 10.5 Å². The number of hydrogen-bond acceptors (Lipinski definition) is 4. The van der Waals surface area contributed by atoms with Crippen molar-refractivity contribution < 1.29 is 14.4 Å². The van der Waals surface area contributed by atoms with Crippen molar-refractivity contribution in [3.8, 4) is 5.75 Å². The van der Waals surface area contributed by atoms with E-state index in [1.54, 1.807) is 25.1 Å². The number of rotatable bonds is 2. The molecule has 20 heavy (non-hydrogen) atoms. The van der Waals surface area contributed by atoms with Crippen molar-refractivity contribution in [2.24, 2.45) is 0 Å². The lowest BCUT2D eigenvalue weighted by molar-refractivity contribution is 0.0895. The maximum Gasteiger partial charge on any atom is 0.290 e. The molecule has 1 heterocycles. The second-order valence-electron chi connectivity index (χ2n) is 5.10. The molecule has 2 aromatic rings. The first-order chi connectivity index (χ1) is 9.65. The van der Waals surface area contributed by atoms with Gasteiger partial charge in [-0.25, -0.2) is 0 Å². The van der Waals surface area contributed by atoms with E-state index in [1.165, 1.54) is 0 Å². The molecule has 0 saturated heterocycles. The van der Waals surface area contributed by atoms with Crippen LogP contribution in [0.25, 0.3) is 0 Å². The molecule has 1 unspecified atom stereocenters. The molecule has 2 N–H and O–H groups in total. The maximum absolute atomic E-state index is 12.1. The van der Waals surface area contributed by atoms with E-state index in [1.807, 2.05) is 6.07 Å². The largest absolute Gasteiger partial charge is 0.508 e. The summed E-state index contributed by atoms with van der Waals surface area (Å²) < 4.78 is 4.97. The van der Waals surface area contributed by atoms with Gasteiger partial charge in [0.2, 0.25) is 5.76 Å². The van der Waals surface area contributed by atoms with Crippen LogP contribution in [0.1, 0.15) is 46.3 Å². The standard InChI is InChI=1S/C15H16N2O3/c1-9-8-14(20-17-9)15(19)16-12-6-2-5-11-10(12)4-3-7-13(11)18/h3-4,7-8,12,18H,2,5-6H2,1H3,(H,16,19). The molecule has 1 atom stereocenters. The summed E-state index contributed by atoms with van der Waals surface area (Å²) in [5, 5.41) is 16.5. The van der Waals surface area contributed by atoms with E-state index >= 15 is 0 Å². The van der Waals surface area contributed by atoms with Crippen LogP contribution >= 0.6 is 0 Å². The lowest BCUT2D eigenvalue weighted by Crippen LogP contribution is -2.30. The molecule has 3 rings (SSSR count). The van der Waals surface area contributed by atoms with Crippen LogP contribution in [-0.4, -0.2) is 16.2 Å². The van der Waals surface area contributed by atoms with Gasteiger partial charge in [-0.05, 0) is 43.4 Å². The fourth-order valence-corrected chi connectivity index (χ4v) is 2.68. The molecular weight excluding hydrogens is 256 g/mol. The smallest absolute Gasteiger partial charge is 0.290 e. The molecule has 0 radical (unpaired) electrons. The summed E-state index contributed by atoms with van der Waals surface area (Å²) in [6.45, 7) is 1.77. The van der Waals surface area contributed by atoms with Gasteiger partial charge in [0.25, 0.3) is 5.91 Å². The Kier molecular flexibility index (Phi) is 3.18. The van der Waals surface area contributed by atoms with Gasteiger partial charge in [-0.15, -0.1) is 0 Å². The summed E-state index contributed by atoms with van der Waals surface area (Å²) in [6.07, 6.45) is 2.63. The molecule has 1 aromatic heterocycles. The Labute approximate surface area is 116 Å². The second-order valence-corrected chi connectivity index (χ2v) is 5.10. The van der Waals surface area contributed by atoms with Gasteiger partial charge in [0.05, 0.1) is 11.7 Å². The third-order valence-electron chi connectivity index (χ3n) is 3.64. The number of aromatic hydroxyl groups is 1. The predicted molar refractivity (Wildman–Crippen MR) is 72.5 cm³/mol. The highest BCUT2D eigenvalue weighted by Gasteiger charge is 2.25. The third kappa shape index (κ3) is 2.27. The summed E-state index contributed by atoms with van der Waals surface area (Å²) in [5.41, 5.74) is 2.59. The second kappa shape index (κ2) is 5.00. The summed E-state index contributed by atoms with van der Waals surface area (Å²) in [5.74, 6) is 0.249. The highest BCUT2D eigenvalue weighted by Crippen LogP contribution is 2.34. The zero-order valence-electron chi connectivity index (χ0n) is 11.2. The molecule has 104 valence electrons. The van der Waals surface area contributed by atoms with E-state index < -0.39 is 0 Å². The van der Waals surface area contributed by atoms with Crippen LogP contribution in [0.5, 0.6) is 5.75 Å². The number of hydrogen-bond donors (Lipinski definition) is 2. The molecule has 1 aliphatic carbocycles. The lowest BCUT2D eigenvalue weighted by atomic mass is 9.87. The molecular formula is C15H16N2O3. The van der Waals surface area contributed by atoms with Gasteiger partial charge in [0, 0.05) is 6.07 Å². The summed E-state index contributed by atoms with van der Waals surface area (Å²) in [6, 6.07) is 6.95. The van der Waals surface area contributed by atoms with Crippen molar-refractivity contribution in [2.45, 2.75) is 32.2 Å². The highest BCUT2D eigenvalue weighted by molar-refractivity contribution is 5.91. The minimum absolute atomic E-state index is 0.0937. The van der Waals surface area contributed by atoms with E-state index in [0.717, 1.165) is 30.4 Å². The Morgan fingerprint density at radius 1 is 1.50 bits per heavy atom. The van der Waals surface area contributed by atoms with Crippen LogP contribution in [0, 0.1) is 6.92 Å². The van der Waals surface area contributed by atoms with Crippen LogP contribution < -0.4 is 5.32 Å². The van der Waals surface area contributed by atoms with Crippen molar-refractivity contribution in [1.82, 2.24) is 10.5 Å². The van der Waals surface area contributed by atoms with Crippen molar-refractivity contribution in [2.75, 3.05) is 0 Å². The van der Waals surface area contributed by atoms with Crippen LogP contribution in [0.3, 0.4) is 0 Å². The third-order valence-corrected chi connectivity index (χ3v) is 3.64. The Bertz CT molecular complexity index is 648. The van der Waals surface area contributed by atoms with Crippen LogP contribution in [-0.2, 0) is 6.42 Å². The van der Waals surface area contributed by atoms with Gasteiger partial charge < -0.3 is 14.9 Å². The molecule has 5 nitrogen and oxygen atoms in total. The number of aryl methyl sites for hydroxylation is 1. The fraction of sp³-hybridized carbons (Fsp3) is 0.333. The van der Waals surface area contributed by atoms with Gasteiger partial charge in [-0.1, -0.05) is 17.3 Å². The number of aromatic nitrogens is 1. The van der Waals surface area contributed by atoms with Crippen LogP contribution in [0.2, 0.25) is 0 Å². The lowest BCUT2D eigenvalue weighted by Gasteiger charge is -2.26. The van der Waals surface area contributed by atoms with E-state index in [0.29, 0.717) is 11.4 Å². The summed E-state index contributed by atoms with van der Waals surface area (Å²) >= 11 is 0. The number of amides is 1. The molecule has 5 heteroatoms. The number of carbonyl (C=O) groups excluding carboxylic acids is 1. The zero-order chi connectivity index (χ0) is 14.1. The first-order valence-electron chi connectivity index (χ1n) is 6.70. The molecule has 0 spiro atoms. The SMILES string of the molecule is Cc1cc(C(=O)NC2CCCc3c(O)cccc32)on1. The van der Waals surface area contributed by atoms with Gasteiger partial charge in [0.1, 0.15) is 5.75 Å². The van der Waals surface area contributed by atoms with E-state index in [9.17, 15) is 9.90 Å². The first-order valence-corrected chi connectivity index (χ1v) is 6.70. The first kappa shape index (κ1) is 12.7. The van der Waals surface area contributed by atoms with E-state index in [4.69, 9.17) is 4.52 Å². The molecule has 0 fully saturated rings. The van der Waals surface area contributed by atoms with Crippen molar-refractivity contribution in [3.05, 3.63) is 46.8 Å². The number of phenols is 1. The highest BCUT2D eigenvalue weighted by atomic mass is 16.5. The minimum atomic E-state index is -0.271. The minimum Gasteiger partial charge on any atom is -0.508 e. The van der Waals surface area contributed by atoms with Gasteiger partial charge in [0.15, 0.2) is 0 Å². The predicted octanol–water partition coefficient (Wildman–Crippen LogP) is 2.50. The van der Waals surface area contributed by atoms with Crippen molar-refractivity contribution in [3.63, 3.8) is 0 Å². The fourth-order valence-electron chi connectivity index (χ4n) is 2.68. The Morgan fingerprint density at radius 2 is 2.35 bits per heavy atom. The summed E-state index contributed by atoms with van der Waals surface area (Å²) in [7, 11) is 0.